The lowest BCUT2D eigenvalue weighted by Crippen LogP contribution is -2.16. The van der Waals surface area contributed by atoms with Crippen molar-refractivity contribution in [2.24, 2.45) is 0 Å². The lowest BCUT2D eigenvalue weighted by Gasteiger charge is -2.22. The van der Waals surface area contributed by atoms with Gasteiger partial charge in [-0.05, 0) is 5.41 Å². The fourth-order valence-electron chi connectivity index (χ4n) is 1.31. The zero-order valence-corrected chi connectivity index (χ0v) is 9.29. The van der Waals surface area contributed by atoms with Crippen LogP contribution < -0.4 is 9.47 Å². The van der Waals surface area contributed by atoms with Gasteiger partial charge in [-0.2, -0.15) is 0 Å². The van der Waals surface area contributed by atoms with Gasteiger partial charge in [-0.25, -0.2) is 9.97 Å². The second kappa shape index (κ2) is 3.82. The molecule has 0 aliphatic heterocycles. The Bertz CT molecular complexity index is 296. The van der Waals surface area contributed by atoms with Gasteiger partial charge < -0.3 is 9.47 Å². The van der Waals surface area contributed by atoms with E-state index in [0.29, 0.717) is 11.8 Å². The van der Waals surface area contributed by atoms with Gasteiger partial charge in [-0.1, -0.05) is 20.8 Å². The smallest absolute Gasteiger partial charge is 0.223 e. The lowest BCUT2D eigenvalue weighted by atomic mass is 9.88. The number of nitrogens with zero attached hydrogens (tertiary/aromatic N) is 2. The number of aromatic nitrogens is 2. The molecule has 0 aromatic carbocycles. The van der Waals surface area contributed by atoms with E-state index in [1.807, 2.05) is 0 Å². The van der Waals surface area contributed by atoms with Crippen molar-refractivity contribution in [3.63, 3.8) is 0 Å². The van der Waals surface area contributed by atoms with Crippen LogP contribution in [-0.4, -0.2) is 24.2 Å². The van der Waals surface area contributed by atoms with Crippen molar-refractivity contribution in [3.05, 3.63) is 11.9 Å². The molecule has 1 heterocycles. The zero-order chi connectivity index (χ0) is 10.8. The van der Waals surface area contributed by atoms with Crippen LogP contribution in [-0.2, 0) is 5.41 Å². The highest BCUT2D eigenvalue weighted by Gasteiger charge is 2.25. The molecule has 78 valence electrons. The molecule has 1 aromatic rings. The maximum Gasteiger partial charge on any atom is 0.223 e. The maximum absolute atomic E-state index is 5.18. The summed E-state index contributed by atoms with van der Waals surface area (Å²) in [4.78, 5) is 8.12. The summed E-state index contributed by atoms with van der Waals surface area (Å²) in [5.74, 6) is 1.15. The topological polar surface area (TPSA) is 44.2 Å². The summed E-state index contributed by atoms with van der Waals surface area (Å²) >= 11 is 0. The Morgan fingerprint density at radius 3 is 1.71 bits per heavy atom. The molecule has 0 saturated heterocycles. The quantitative estimate of drug-likeness (QED) is 0.723. The van der Waals surface area contributed by atoms with Crippen molar-refractivity contribution in [1.82, 2.24) is 9.97 Å². The van der Waals surface area contributed by atoms with Crippen LogP contribution in [0.3, 0.4) is 0 Å². The summed E-state index contributed by atoms with van der Waals surface area (Å²) in [7, 11) is 3.19. The first-order chi connectivity index (χ1) is 6.50. The number of rotatable bonds is 2. The van der Waals surface area contributed by atoms with Gasteiger partial charge in [-0.15, -0.1) is 0 Å². The van der Waals surface area contributed by atoms with E-state index in [0.717, 1.165) is 5.56 Å². The van der Waals surface area contributed by atoms with Crippen LogP contribution in [0.1, 0.15) is 26.3 Å². The van der Waals surface area contributed by atoms with Crippen molar-refractivity contribution >= 4 is 0 Å². The summed E-state index contributed by atoms with van der Waals surface area (Å²) < 4.78 is 10.4. The molecule has 0 radical (unpaired) electrons. The van der Waals surface area contributed by atoms with E-state index >= 15 is 0 Å². The summed E-state index contributed by atoms with van der Waals surface area (Å²) in [6, 6.07) is 0. The molecule has 0 bridgehead atoms. The highest BCUT2D eigenvalue weighted by Crippen LogP contribution is 2.35. The number of hydrogen-bond acceptors (Lipinski definition) is 4. The van der Waals surface area contributed by atoms with Crippen molar-refractivity contribution < 1.29 is 9.47 Å². The Labute approximate surface area is 84.3 Å². The van der Waals surface area contributed by atoms with Gasteiger partial charge in [0.2, 0.25) is 11.8 Å². The highest BCUT2D eigenvalue weighted by molar-refractivity contribution is 5.39. The molecule has 0 unspecified atom stereocenters. The molecule has 0 saturated carbocycles. The van der Waals surface area contributed by atoms with Crippen LogP contribution >= 0.6 is 0 Å². The van der Waals surface area contributed by atoms with Gasteiger partial charge >= 0.3 is 0 Å². The number of ether oxygens (including phenoxy) is 2. The number of hydrogen-bond donors (Lipinski definition) is 0. The fourth-order valence-corrected chi connectivity index (χ4v) is 1.31. The third-order valence-corrected chi connectivity index (χ3v) is 1.91. The minimum atomic E-state index is -0.0993. The monoisotopic (exact) mass is 196 g/mol. The SMILES string of the molecule is COc1ncnc(OC)c1C(C)(C)C. The molecule has 1 aromatic heterocycles. The first-order valence-electron chi connectivity index (χ1n) is 4.44. The average molecular weight is 196 g/mol. The molecule has 4 heteroatoms. The first kappa shape index (κ1) is 10.8. The fraction of sp³-hybridized carbons (Fsp3) is 0.600. The predicted molar refractivity (Wildman–Crippen MR) is 53.8 cm³/mol. The average Bonchev–Trinajstić information content (AvgIpc) is 2.15. The standard InChI is InChI=1S/C10H16N2O2/c1-10(2,3)7-8(13-4)11-6-12-9(7)14-5/h6H,1-5H3. The maximum atomic E-state index is 5.18. The molecular formula is C10H16N2O2. The summed E-state index contributed by atoms with van der Waals surface area (Å²) in [6.07, 6.45) is 1.44. The van der Waals surface area contributed by atoms with Gasteiger partial charge in [0.1, 0.15) is 6.33 Å². The van der Waals surface area contributed by atoms with Crippen LogP contribution in [0.5, 0.6) is 11.8 Å². The van der Waals surface area contributed by atoms with E-state index in [-0.39, 0.29) is 5.41 Å². The van der Waals surface area contributed by atoms with Gasteiger partial charge in [0.15, 0.2) is 0 Å². The van der Waals surface area contributed by atoms with E-state index in [9.17, 15) is 0 Å². The Kier molecular flexibility index (Phi) is 2.93. The summed E-state index contributed by atoms with van der Waals surface area (Å²) in [6.45, 7) is 6.20. The van der Waals surface area contributed by atoms with E-state index in [1.165, 1.54) is 6.33 Å². The molecule has 0 spiro atoms. The Morgan fingerprint density at radius 2 is 1.43 bits per heavy atom. The highest BCUT2D eigenvalue weighted by atomic mass is 16.5. The van der Waals surface area contributed by atoms with Gasteiger partial charge in [0.05, 0.1) is 19.8 Å². The van der Waals surface area contributed by atoms with Gasteiger partial charge in [-0.3, -0.25) is 0 Å². The molecule has 0 amide bonds. The van der Waals surface area contributed by atoms with Crippen LogP contribution in [0.2, 0.25) is 0 Å². The zero-order valence-electron chi connectivity index (χ0n) is 9.29. The van der Waals surface area contributed by atoms with Gasteiger partial charge in [0.25, 0.3) is 0 Å². The van der Waals surface area contributed by atoms with Crippen molar-refractivity contribution in [1.29, 1.82) is 0 Å². The van der Waals surface area contributed by atoms with E-state index in [4.69, 9.17) is 9.47 Å². The second-order valence-corrected chi connectivity index (χ2v) is 4.02. The molecule has 0 fully saturated rings. The van der Waals surface area contributed by atoms with Crippen LogP contribution in [0.15, 0.2) is 6.33 Å². The molecule has 14 heavy (non-hydrogen) atoms. The van der Waals surface area contributed by atoms with Crippen LogP contribution in [0.25, 0.3) is 0 Å². The van der Waals surface area contributed by atoms with Gasteiger partial charge in [0, 0.05) is 0 Å². The third-order valence-electron chi connectivity index (χ3n) is 1.91. The van der Waals surface area contributed by atoms with Crippen molar-refractivity contribution in [2.75, 3.05) is 14.2 Å². The van der Waals surface area contributed by atoms with Crippen molar-refractivity contribution in [2.45, 2.75) is 26.2 Å². The third kappa shape index (κ3) is 1.95. The summed E-state index contributed by atoms with van der Waals surface area (Å²) in [5, 5.41) is 0. The molecule has 4 nitrogen and oxygen atoms in total. The second-order valence-electron chi connectivity index (χ2n) is 4.02. The van der Waals surface area contributed by atoms with Crippen molar-refractivity contribution in [3.8, 4) is 11.8 Å². The van der Waals surface area contributed by atoms with Crippen LogP contribution in [0.4, 0.5) is 0 Å². The normalized spacial score (nSPS) is 11.2. The van der Waals surface area contributed by atoms with E-state index in [2.05, 4.69) is 30.7 Å². The molecule has 1 rings (SSSR count). The molecule has 0 atom stereocenters. The lowest BCUT2D eigenvalue weighted by molar-refractivity contribution is 0.345. The van der Waals surface area contributed by atoms with E-state index < -0.39 is 0 Å². The Morgan fingerprint density at radius 1 is 1.00 bits per heavy atom. The van der Waals surface area contributed by atoms with E-state index in [1.54, 1.807) is 14.2 Å². The molecule has 0 aliphatic rings. The summed E-state index contributed by atoms with van der Waals surface area (Å²) in [5.41, 5.74) is 0.794. The molecule has 0 aliphatic carbocycles. The molecular weight excluding hydrogens is 180 g/mol. The minimum Gasteiger partial charge on any atom is -0.481 e. The Hall–Kier alpha value is -1.32. The number of methoxy groups -OCH3 is 2. The first-order valence-corrected chi connectivity index (χ1v) is 4.44. The largest absolute Gasteiger partial charge is 0.481 e. The predicted octanol–water partition coefficient (Wildman–Crippen LogP) is 1.79. The Balaban J connectivity index is 3.34. The van der Waals surface area contributed by atoms with Crippen LogP contribution in [0, 0.1) is 0 Å². The minimum absolute atomic E-state index is 0.0993. The molecule has 0 N–H and O–H groups in total.